The molecule has 2 rings (SSSR count). The predicted octanol–water partition coefficient (Wildman–Crippen LogP) is 4.19. The molecule has 0 bridgehead atoms. The van der Waals surface area contributed by atoms with E-state index in [0.717, 1.165) is 26.2 Å². The molecule has 0 amide bonds. The maximum atomic E-state index is 3.48. The fourth-order valence-electron chi connectivity index (χ4n) is 2.46. The maximum absolute atomic E-state index is 3.48. The molecule has 0 unspecified atom stereocenters. The monoisotopic (exact) mass is 302 g/mol. The Kier molecular flexibility index (Phi) is 6.43. The highest BCUT2D eigenvalue weighted by atomic mass is 32.1. The van der Waals surface area contributed by atoms with Gasteiger partial charge in [-0.2, -0.15) is 0 Å². The van der Waals surface area contributed by atoms with Crippen molar-refractivity contribution in [2.24, 2.45) is 0 Å². The molecule has 114 valence electrons. The minimum atomic E-state index is 1.000. The van der Waals surface area contributed by atoms with Crippen LogP contribution in [-0.2, 0) is 19.6 Å². The third kappa shape index (κ3) is 5.27. The largest absolute Gasteiger partial charge is 0.312 e. The van der Waals surface area contributed by atoms with Crippen molar-refractivity contribution >= 4 is 11.3 Å². The van der Waals surface area contributed by atoms with Crippen LogP contribution >= 0.6 is 11.3 Å². The maximum Gasteiger partial charge on any atom is 0.0299 e. The van der Waals surface area contributed by atoms with Crippen LogP contribution in [0.4, 0.5) is 0 Å². The van der Waals surface area contributed by atoms with Crippen LogP contribution < -0.4 is 5.32 Å². The summed E-state index contributed by atoms with van der Waals surface area (Å²) in [5, 5.41) is 3.48. The van der Waals surface area contributed by atoms with Gasteiger partial charge >= 0.3 is 0 Å². The summed E-state index contributed by atoms with van der Waals surface area (Å²) in [6.07, 6.45) is 1.19. The zero-order chi connectivity index (χ0) is 15.1. The minimum Gasteiger partial charge on any atom is -0.312 e. The molecule has 0 fully saturated rings. The molecule has 0 radical (unpaired) electrons. The number of hydrogen-bond donors (Lipinski definition) is 1. The predicted molar refractivity (Wildman–Crippen MR) is 92.7 cm³/mol. The number of aryl methyl sites for hydroxylation is 1. The van der Waals surface area contributed by atoms with E-state index in [-0.39, 0.29) is 0 Å². The highest BCUT2D eigenvalue weighted by Gasteiger charge is 2.08. The Bertz CT molecular complexity index is 533. The average molecular weight is 302 g/mol. The first-order valence-corrected chi connectivity index (χ1v) is 8.52. The highest BCUT2D eigenvalue weighted by molar-refractivity contribution is 7.12. The summed E-state index contributed by atoms with van der Waals surface area (Å²) in [6, 6.07) is 13.0. The molecule has 1 N–H and O–H groups in total. The lowest BCUT2D eigenvalue weighted by atomic mass is 10.2. The van der Waals surface area contributed by atoms with Crippen molar-refractivity contribution in [3.8, 4) is 0 Å². The Labute approximate surface area is 132 Å². The first kappa shape index (κ1) is 16.2. The van der Waals surface area contributed by atoms with Crippen molar-refractivity contribution in [3.05, 3.63) is 57.3 Å². The van der Waals surface area contributed by atoms with Gasteiger partial charge in [0.1, 0.15) is 0 Å². The quantitative estimate of drug-likeness (QED) is 0.736. The van der Waals surface area contributed by atoms with Gasteiger partial charge in [-0.05, 0) is 44.1 Å². The van der Waals surface area contributed by atoms with Crippen molar-refractivity contribution in [3.63, 3.8) is 0 Å². The Morgan fingerprint density at radius 2 is 1.90 bits per heavy atom. The molecule has 1 heterocycles. The van der Waals surface area contributed by atoms with Gasteiger partial charge < -0.3 is 5.32 Å². The van der Waals surface area contributed by atoms with E-state index in [1.807, 2.05) is 11.3 Å². The molecule has 3 heteroatoms. The molecule has 0 atom stereocenters. The molecule has 0 aliphatic rings. The number of nitrogens with zero attached hydrogens (tertiary/aromatic N) is 1. The van der Waals surface area contributed by atoms with Crippen LogP contribution in [0.3, 0.4) is 0 Å². The van der Waals surface area contributed by atoms with E-state index >= 15 is 0 Å². The first-order chi connectivity index (χ1) is 10.2. The highest BCUT2D eigenvalue weighted by Crippen LogP contribution is 2.23. The summed E-state index contributed by atoms with van der Waals surface area (Å²) in [4.78, 5) is 5.28. The van der Waals surface area contributed by atoms with E-state index in [9.17, 15) is 0 Å². The summed E-state index contributed by atoms with van der Waals surface area (Å²) < 4.78 is 0. The fourth-order valence-corrected chi connectivity index (χ4v) is 3.49. The number of nitrogens with one attached hydrogen (secondary N) is 1. The molecule has 1 aromatic heterocycles. The Hall–Kier alpha value is -1.16. The molecular formula is C18H26N2S. The molecule has 0 aliphatic carbocycles. The fraction of sp³-hybridized carbons (Fsp3) is 0.444. The van der Waals surface area contributed by atoms with Crippen LogP contribution in [0.1, 0.15) is 34.2 Å². The summed E-state index contributed by atoms with van der Waals surface area (Å²) in [6.45, 7) is 8.56. The standard InChI is InChI=1S/C18H26N2S/c1-4-10-19-12-18-11-17(15(2)21-18)14-20(3)13-16-8-6-5-7-9-16/h5-9,11,19H,4,10,12-14H2,1-3H3. The molecule has 2 nitrogen and oxygen atoms in total. The normalized spacial score (nSPS) is 11.2. The Balaban J connectivity index is 1.89. The lowest BCUT2D eigenvalue weighted by Gasteiger charge is -2.16. The summed E-state index contributed by atoms with van der Waals surface area (Å²) >= 11 is 1.92. The molecular weight excluding hydrogens is 276 g/mol. The third-order valence-corrected chi connectivity index (χ3v) is 4.63. The van der Waals surface area contributed by atoms with E-state index in [1.165, 1.54) is 27.3 Å². The summed E-state index contributed by atoms with van der Waals surface area (Å²) in [7, 11) is 2.19. The van der Waals surface area contributed by atoms with Gasteiger partial charge in [0.2, 0.25) is 0 Å². The average Bonchev–Trinajstić information content (AvgIpc) is 2.80. The smallest absolute Gasteiger partial charge is 0.0299 e. The summed E-state index contributed by atoms with van der Waals surface area (Å²) in [5.41, 5.74) is 2.84. The van der Waals surface area contributed by atoms with Crippen LogP contribution in [0.25, 0.3) is 0 Å². The second-order valence-corrected chi connectivity index (χ2v) is 6.97. The van der Waals surface area contributed by atoms with Gasteiger partial charge in [0.25, 0.3) is 0 Å². The third-order valence-electron chi connectivity index (χ3n) is 3.53. The van der Waals surface area contributed by atoms with E-state index in [1.54, 1.807) is 0 Å². The van der Waals surface area contributed by atoms with Gasteiger partial charge in [-0.1, -0.05) is 37.3 Å². The molecule has 21 heavy (non-hydrogen) atoms. The van der Waals surface area contributed by atoms with Crippen LogP contribution in [0.2, 0.25) is 0 Å². The van der Waals surface area contributed by atoms with Gasteiger partial charge in [-0.25, -0.2) is 0 Å². The minimum absolute atomic E-state index is 1.000. The summed E-state index contributed by atoms with van der Waals surface area (Å²) in [5.74, 6) is 0. The van der Waals surface area contributed by atoms with Crippen molar-refractivity contribution < 1.29 is 0 Å². The van der Waals surface area contributed by atoms with Crippen LogP contribution in [0.15, 0.2) is 36.4 Å². The van der Waals surface area contributed by atoms with Gasteiger partial charge in [0, 0.05) is 29.4 Å². The second kappa shape index (κ2) is 8.32. The number of benzene rings is 1. The van der Waals surface area contributed by atoms with Crippen LogP contribution in [0, 0.1) is 6.92 Å². The zero-order valence-electron chi connectivity index (χ0n) is 13.4. The van der Waals surface area contributed by atoms with Crippen LogP contribution in [-0.4, -0.2) is 18.5 Å². The zero-order valence-corrected chi connectivity index (χ0v) is 14.2. The van der Waals surface area contributed by atoms with Gasteiger partial charge in [-0.3, -0.25) is 4.90 Å². The van der Waals surface area contributed by atoms with Crippen molar-refractivity contribution in [2.75, 3.05) is 13.6 Å². The van der Waals surface area contributed by atoms with E-state index in [2.05, 4.69) is 67.5 Å². The lowest BCUT2D eigenvalue weighted by molar-refractivity contribution is 0.319. The molecule has 1 aromatic carbocycles. The van der Waals surface area contributed by atoms with E-state index in [0.29, 0.717) is 0 Å². The van der Waals surface area contributed by atoms with Crippen molar-refractivity contribution in [2.45, 2.75) is 39.9 Å². The second-order valence-electron chi connectivity index (χ2n) is 5.63. The number of hydrogen-bond acceptors (Lipinski definition) is 3. The molecule has 0 aliphatic heterocycles. The van der Waals surface area contributed by atoms with E-state index < -0.39 is 0 Å². The first-order valence-electron chi connectivity index (χ1n) is 7.70. The number of rotatable bonds is 8. The SMILES string of the molecule is CCCNCc1cc(CN(C)Cc2ccccc2)c(C)s1. The van der Waals surface area contributed by atoms with Crippen molar-refractivity contribution in [1.29, 1.82) is 0 Å². The van der Waals surface area contributed by atoms with E-state index in [4.69, 9.17) is 0 Å². The van der Waals surface area contributed by atoms with Crippen molar-refractivity contribution in [1.82, 2.24) is 10.2 Å². The molecule has 2 aromatic rings. The van der Waals surface area contributed by atoms with Crippen LogP contribution in [0.5, 0.6) is 0 Å². The molecule has 0 spiro atoms. The topological polar surface area (TPSA) is 15.3 Å². The molecule has 0 saturated heterocycles. The lowest BCUT2D eigenvalue weighted by Crippen LogP contribution is -2.17. The van der Waals surface area contributed by atoms with Gasteiger partial charge in [0.05, 0.1) is 0 Å². The Morgan fingerprint density at radius 3 is 2.62 bits per heavy atom. The van der Waals surface area contributed by atoms with Gasteiger partial charge in [0.15, 0.2) is 0 Å². The molecule has 0 saturated carbocycles. The van der Waals surface area contributed by atoms with Gasteiger partial charge in [-0.15, -0.1) is 11.3 Å². The Morgan fingerprint density at radius 1 is 1.14 bits per heavy atom. The number of thiophene rings is 1.